The number of benzene rings is 1. The van der Waals surface area contributed by atoms with Crippen LogP contribution in [0.15, 0.2) is 24.3 Å². The fraction of sp³-hybridized carbons (Fsp3) is 0.562. The minimum absolute atomic E-state index is 0.366. The van der Waals surface area contributed by atoms with Crippen LogP contribution in [0.1, 0.15) is 33.6 Å². The lowest BCUT2D eigenvalue weighted by Gasteiger charge is -2.35. The van der Waals surface area contributed by atoms with Gasteiger partial charge in [0, 0.05) is 24.5 Å². The van der Waals surface area contributed by atoms with E-state index in [0.717, 1.165) is 24.2 Å². The molecule has 5 heteroatoms. The summed E-state index contributed by atoms with van der Waals surface area (Å²) < 4.78 is 10.5. The largest absolute Gasteiger partial charge is 0.444 e. The molecule has 5 nitrogen and oxygen atoms in total. The summed E-state index contributed by atoms with van der Waals surface area (Å²) in [6.45, 7) is 5.52. The van der Waals surface area contributed by atoms with Gasteiger partial charge in [-0.25, -0.2) is 4.79 Å². The van der Waals surface area contributed by atoms with E-state index in [4.69, 9.17) is 9.47 Å². The third-order valence-electron chi connectivity index (χ3n) is 3.31. The zero-order valence-corrected chi connectivity index (χ0v) is 13.1. The van der Waals surface area contributed by atoms with Crippen LogP contribution in [0.4, 0.5) is 16.2 Å². The van der Waals surface area contributed by atoms with Gasteiger partial charge < -0.3 is 14.8 Å². The van der Waals surface area contributed by atoms with Crippen molar-refractivity contribution in [3.8, 4) is 0 Å². The summed E-state index contributed by atoms with van der Waals surface area (Å²) in [6.07, 6.45) is 1.95. The number of amides is 1. The van der Waals surface area contributed by atoms with E-state index in [9.17, 15) is 4.79 Å². The van der Waals surface area contributed by atoms with Crippen LogP contribution in [0.5, 0.6) is 0 Å². The van der Waals surface area contributed by atoms with Gasteiger partial charge in [-0.2, -0.15) is 0 Å². The molecule has 0 aliphatic heterocycles. The molecule has 0 aromatic heterocycles. The molecule has 1 amide bonds. The lowest BCUT2D eigenvalue weighted by molar-refractivity contribution is 0.0329. The number of carbonyl (C=O) groups excluding carboxylic acids is 1. The van der Waals surface area contributed by atoms with E-state index in [2.05, 4.69) is 10.6 Å². The molecule has 2 rings (SSSR count). The Kier molecular flexibility index (Phi) is 4.73. The highest BCUT2D eigenvalue weighted by Gasteiger charge is 2.28. The fourth-order valence-corrected chi connectivity index (χ4v) is 2.22. The van der Waals surface area contributed by atoms with E-state index in [0.29, 0.717) is 12.1 Å². The van der Waals surface area contributed by atoms with Gasteiger partial charge in [0.25, 0.3) is 0 Å². The number of hydrogen-bond acceptors (Lipinski definition) is 4. The van der Waals surface area contributed by atoms with Gasteiger partial charge in [-0.3, -0.25) is 5.32 Å². The quantitative estimate of drug-likeness (QED) is 0.889. The zero-order valence-electron chi connectivity index (χ0n) is 13.1. The van der Waals surface area contributed by atoms with E-state index < -0.39 is 11.7 Å². The molecule has 0 spiro atoms. The van der Waals surface area contributed by atoms with Gasteiger partial charge in [0.2, 0.25) is 0 Å². The number of ether oxygens (including phenoxy) is 2. The Hall–Kier alpha value is -1.75. The molecule has 0 radical (unpaired) electrons. The van der Waals surface area contributed by atoms with Gasteiger partial charge in [-0.05, 0) is 51.8 Å². The van der Waals surface area contributed by atoms with Gasteiger partial charge in [0.1, 0.15) is 5.60 Å². The molecule has 0 saturated heterocycles. The van der Waals surface area contributed by atoms with E-state index in [1.807, 2.05) is 45.0 Å². The molecule has 1 aliphatic rings. The second-order valence-corrected chi connectivity index (χ2v) is 6.38. The van der Waals surface area contributed by atoms with Crippen LogP contribution >= 0.6 is 0 Å². The summed E-state index contributed by atoms with van der Waals surface area (Å²) in [5.74, 6) is 0. The highest BCUT2D eigenvalue weighted by molar-refractivity contribution is 5.85. The number of anilines is 2. The van der Waals surface area contributed by atoms with Crippen molar-refractivity contribution in [3.63, 3.8) is 0 Å². The second-order valence-electron chi connectivity index (χ2n) is 6.38. The minimum Gasteiger partial charge on any atom is -0.444 e. The van der Waals surface area contributed by atoms with Crippen molar-refractivity contribution in [2.24, 2.45) is 0 Å². The van der Waals surface area contributed by atoms with Crippen molar-refractivity contribution in [3.05, 3.63) is 24.3 Å². The lowest BCUT2D eigenvalue weighted by Crippen LogP contribution is -2.40. The molecule has 0 heterocycles. The van der Waals surface area contributed by atoms with Gasteiger partial charge in [-0.1, -0.05) is 6.07 Å². The van der Waals surface area contributed by atoms with Crippen LogP contribution in [-0.4, -0.2) is 30.9 Å². The number of hydrogen-bond donors (Lipinski definition) is 2. The molecule has 1 fully saturated rings. The summed E-state index contributed by atoms with van der Waals surface area (Å²) >= 11 is 0. The Morgan fingerprint density at radius 1 is 1.24 bits per heavy atom. The maximum atomic E-state index is 11.7. The Balaban J connectivity index is 1.87. The van der Waals surface area contributed by atoms with Gasteiger partial charge in [-0.15, -0.1) is 0 Å². The Morgan fingerprint density at radius 2 is 1.90 bits per heavy atom. The summed E-state index contributed by atoms with van der Waals surface area (Å²) in [7, 11) is 1.74. The first-order valence-corrected chi connectivity index (χ1v) is 7.25. The highest BCUT2D eigenvalue weighted by atomic mass is 16.6. The van der Waals surface area contributed by atoms with Crippen LogP contribution in [0.3, 0.4) is 0 Å². The van der Waals surface area contributed by atoms with Crippen molar-refractivity contribution in [2.75, 3.05) is 17.7 Å². The van der Waals surface area contributed by atoms with Crippen LogP contribution in [0.25, 0.3) is 0 Å². The van der Waals surface area contributed by atoms with E-state index in [1.165, 1.54) is 0 Å². The first-order valence-electron chi connectivity index (χ1n) is 7.25. The molecule has 1 aromatic rings. The van der Waals surface area contributed by atoms with E-state index >= 15 is 0 Å². The first-order chi connectivity index (χ1) is 9.85. The van der Waals surface area contributed by atoms with Crippen molar-refractivity contribution in [1.82, 2.24) is 0 Å². The molecule has 116 valence electrons. The topological polar surface area (TPSA) is 59.6 Å². The molecule has 0 unspecified atom stereocenters. The van der Waals surface area contributed by atoms with Crippen LogP contribution in [0, 0.1) is 0 Å². The standard InChI is InChI=1S/C16H24N2O3/c1-16(2,3)21-15(19)18-12-7-5-6-11(8-12)17-13-9-14(10-13)20-4/h5-8,13-14,17H,9-10H2,1-4H3,(H,18,19). The van der Waals surface area contributed by atoms with E-state index in [1.54, 1.807) is 7.11 Å². The Bertz CT molecular complexity index is 491. The lowest BCUT2D eigenvalue weighted by atomic mass is 9.89. The number of carbonyl (C=O) groups is 1. The predicted molar refractivity (Wildman–Crippen MR) is 83.7 cm³/mol. The fourth-order valence-electron chi connectivity index (χ4n) is 2.22. The molecule has 21 heavy (non-hydrogen) atoms. The highest BCUT2D eigenvalue weighted by Crippen LogP contribution is 2.27. The smallest absolute Gasteiger partial charge is 0.412 e. The molecule has 1 saturated carbocycles. The normalized spacial score (nSPS) is 21.3. The van der Waals surface area contributed by atoms with Crippen molar-refractivity contribution in [1.29, 1.82) is 0 Å². The van der Waals surface area contributed by atoms with Crippen molar-refractivity contribution < 1.29 is 14.3 Å². The monoisotopic (exact) mass is 292 g/mol. The third kappa shape index (κ3) is 4.93. The average molecular weight is 292 g/mol. The SMILES string of the molecule is COC1CC(Nc2cccc(NC(=O)OC(C)(C)C)c2)C1. The van der Waals surface area contributed by atoms with Crippen LogP contribution < -0.4 is 10.6 Å². The van der Waals surface area contributed by atoms with Gasteiger partial charge in [0.05, 0.1) is 6.10 Å². The van der Waals surface area contributed by atoms with Gasteiger partial charge >= 0.3 is 6.09 Å². The molecular weight excluding hydrogens is 268 g/mol. The maximum absolute atomic E-state index is 11.7. The molecular formula is C16H24N2O3. The summed E-state index contributed by atoms with van der Waals surface area (Å²) in [6, 6.07) is 8.08. The maximum Gasteiger partial charge on any atom is 0.412 e. The average Bonchev–Trinajstić information content (AvgIpc) is 2.31. The molecule has 0 bridgehead atoms. The van der Waals surface area contributed by atoms with Crippen LogP contribution in [0.2, 0.25) is 0 Å². The number of nitrogens with one attached hydrogen (secondary N) is 2. The van der Waals surface area contributed by atoms with Crippen LogP contribution in [-0.2, 0) is 9.47 Å². The predicted octanol–water partition coefficient (Wildman–Crippen LogP) is 3.62. The number of rotatable bonds is 4. The van der Waals surface area contributed by atoms with Crippen molar-refractivity contribution >= 4 is 17.5 Å². The second kappa shape index (κ2) is 6.35. The number of methoxy groups -OCH3 is 1. The van der Waals surface area contributed by atoms with Crippen molar-refractivity contribution in [2.45, 2.75) is 51.4 Å². The zero-order chi connectivity index (χ0) is 15.5. The summed E-state index contributed by atoms with van der Waals surface area (Å²) in [5, 5.41) is 6.17. The minimum atomic E-state index is -0.499. The summed E-state index contributed by atoms with van der Waals surface area (Å²) in [5.41, 5.74) is 1.21. The van der Waals surface area contributed by atoms with E-state index in [-0.39, 0.29) is 0 Å². The molecule has 1 aliphatic carbocycles. The first kappa shape index (κ1) is 15.6. The molecule has 0 atom stereocenters. The molecule has 1 aromatic carbocycles. The Labute approximate surface area is 126 Å². The van der Waals surface area contributed by atoms with Gasteiger partial charge in [0.15, 0.2) is 0 Å². The summed E-state index contributed by atoms with van der Waals surface area (Å²) in [4.78, 5) is 11.7. The molecule has 2 N–H and O–H groups in total. The Morgan fingerprint density at radius 3 is 2.52 bits per heavy atom. The third-order valence-corrected chi connectivity index (χ3v) is 3.31.